The summed E-state index contributed by atoms with van der Waals surface area (Å²) in [6.45, 7) is 9.10. The van der Waals surface area contributed by atoms with E-state index in [-0.39, 0.29) is 0 Å². The lowest BCUT2D eigenvalue weighted by Gasteiger charge is -2.24. The van der Waals surface area contributed by atoms with Crippen LogP contribution in [0.25, 0.3) is 33.2 Å². The van der Waals surface area contributed by atoms with Gasteiger partial charge in [0.05, 0.1) is 5.69 Å². The van der Waals surface area contributed by atoms with Crippen LogP contribution in [0.5, 0.6) is 0 Å². The maximum absolute atomic E-state index is 4.89. The van der Waals surface area contributed by atoms with Crippen LogP contribution in [0, 0.1) is 0 Å². The Bertz CT molecular complexity index is 1250. The first kappa shape index (κ1) is 19.1. The molecule has 3 aromatic carbocycles. The van der Waals surface area contributed by atoms with Crippen LogP contribution in [0.1, 0.15) is 61.8 Å². The van der Waals surface area contributed by atoms with Crippen LogP contribution < -0.4 is 0 Å². The minimum Gasteiger partial charge on any atom is -0.256 e. The number of pyridine rings is 1. The lowest BCUT2D eigenvalue weighted by atomic mass is 9.82. The predicted octanol–water partition coefficient (Wildman–Crippen LogP) is 7.91. The van der Waals surface area contributed by atoms with E-state index in [0.717, 1.165) is 18.5 Å². The van der Waals surface area contributed by atoms with Crippen LogP contribution >= 0.6 is 0 Å². The fourth-order valence-electron chi connectivity index (χ4n) is 4.90. The second-order valence-electron chi connectivity index (χ2n) is 9.20. The molecule has 0 unspecified atom stereocenters. The van der Waals surface area contributed by atoms with E-state index in [1.165, 1.54) is 49.7 Å². The molecule has 1 aromatic heterocycles. The van der Waals surface area contributed by atoms with Gasteiger partial charge in [0.2, 0.25) is 0 Å². The van der Waals surface area contributed by atoms with Gasteiger partial charge >= 0.3 is 0 Å². The van der Waals surface area contributed by atoms with E-state index in [0.29, 0.717) is 11.8 Å². The quantitative estimate of drug-likeness (QED) is 0.346. The summed E-state index contributed by atoms with van der Waals surface area (Å²) >= 11 is 0. The molecule has 1 heteroatoms. The smallest absolute Gasteiger partial charge is 0.0740 e. The van der Waals surface area contributed by atoms with Crippen molar-refractivity contribution >= 4 is 10.8 Å². The molecule has 0 atom stereocenters. The third-order valence-electron chi connectivity index (χ3n) is 6.58. The van der Waals surface area contributed by atoms with Gasteiger partial charge in [-0.2, -0.15) is 0 Å². The third kappa shape index (κ3) is 3.13. The molecule has 0 fully saturated rings. The Labute approximate surface area is 179 Å². The van der Waals surface area contributed by atoms with Crippen molar-refractivity contribution < 1.29 is 0 Å². The highest BCUT2D eigenvalue weighted by Gasteiger charge is 2.21. The SMILES string of the molecule is CC(C)c1ccc2c(c1)CCc1c-2ccnc1-c1cc(C(C)C)c2ccccc2c1. The maximum atomic E-state index is 4.89. The number of nitrogens with zero attached hydrogens (tertiary/aromatic N) is 1. The number of rotatable bonds is 3. The number of hydrogen-bond acceptors (Lipinski definition) is 1. The molecule has 1 aliphatic carbocycles. The average molecular weight is 392 g/mol. The molecule has 1 nitrogen and oxygen atoms in total. The standard InChI is InChI=1S/C29H29N/c1-18(2)20-9-11-25-22(15-20)10-12-27-26(25)13-14-30-29(27)23-16-21-7-5-6-8-24(21)28(17-23)19(3)4/h5-9,11,13-19H,10,12H2,1-4H3. The molecule has 5 rings (SSSR count). The summed E-state index contributed by atoms with van der Waals surface area (Å²) in [4.78, 5) is 4.89. The molecule has 0 aliphatic heterocycles. The molecule has 1 heterocycles. The van der Waals surface area contributed by atoms with E-state index in [1.807, 2.05) is 6.20 Å². The van der Waals surface area contributed by atoms with Crippen molar-refractivity contribution in [3.8, 4) is 22.4 Å². The largest absolute Gasteiger partial charge is 0.256 e. The number of aromatic nitrogens is 1. The minimum absolute atomic E-state index is 0.476. The molecular weight excluding hydrogens is 362 g/mol. The first-order chi connectivity index (χ1) is 14.5. The summed E-state index contributed by atoms with van der Waals surface area (Å²) in [5, 5.41) is 2.66. The van der Waals surface area contributed by atoms with Gasteiger partial charge in [0.15, 0.2) is 0 Å². The van der Waals surface area contributed by atoms with Gasteiger partial charge in [-0.05, 0) is 87.0 Å². The van der Waals surface area contributed by atoms with Crippen LogP contribution in [-0.2, 0) is 12.8 Å². The van der Waals surface area contributed by atoms with E-state index >= 15 is 0 Å². The van der Waals surface area contributed by atoms with Crippen molar-refractivity contribution in [1.82, 2.24) is 4.98 Å². The molecule has 1 aliphatic rings. The van der Waals surface area contributed by atoms with Gasteiger partial charge in [0.1, 0.15) is 0 Å². The van der Waals surface area contributed by atoms with Crippen molar-refractivity contribution in [3.63, 3.8) is 0 Å². The van der Waals surface area contributed by atoms with E-state index in [9.17, 15) is 0 Å². The fraction of sp³-hybridized carbons (Fsp3) is 0.276. The lowest BCUT2D eigenvalue weighted by Crippen LogP contribution is -2.08. The monoisotopic (exact) mass is 391 g/mol. The summed E-state index contributed by atoms with van der Waals surface area (Å²) < 4.78 is 0. The fourth-order valence-corrected chi connectivity index (χ4v) is 4.90. The minimum atomic E-state index is 0.476. The van der Waals surface area contributed by atoms with E-state index < -0.39 is 0 Å². The Morgan fingerprint density at radius 1 is 0.767 bits per heavy atom. The highest BCUT2D eigenvalue weighted by Crippen LogP contribution is 2.40. The molecule has 4 aromatic rings. The zero-order valence-electron chi connectivity index (χ0n) is 18.4. The Hall–Kier alpha value is -2.93. The maximum Gasteiger partial charge on any atom is 0.0740 e. The number of aryl methyl sites for hydroxylation is 1. The zero-order valence-corrected chi connectivity index (χ0v) is 18.4. The van der Waals surface area contributed by atoms with Gasteiger partial charge in [-0.25, -0.2) is 0 Å². The molecule has 0 bridgehead atoms. The zero-order chi connectivity index (χ0) is 20.8. The van der Waals surface area contributed by atoms with Gasteiger partial charge in [-0.15, -0.1) is 0 Å². The van der Waals surface area contributed by atoms with Crippen LogP contribution in [0.4, 0.5) is 0 Å². The van der Waals surface area contributed by atoms with Crippen LogP contribution in [0.2, 0.25) is 0 Å². The third-order valence-corrected chi connectivity index (χ3v) is 6.58. The average Bonchev–Trinajstić information content (AvgIpc) is 2.77. The summed E-state index contributed by atoms with van der Waals surface area (Å²) in [5.41, 5.74) is 10.8. The molecule has 0 amide bonds. The van der Waals surface area contributed by atoms with Gasteiger partial charge in [-0.1, -0.05) is 70.2 Å². The van der Waals surface area contributed by atoms with Crippen molar-refractivity contribution in [2.24, 2.45) is 0 Å². The molecule has 30 heavy (non-hydrogen) atoms. The van der Waals surface area contributed by atoms with Gasteiger partial charge in [0, 0.05) is 11.8 Å². The van der Waals surface area contributed by atoms with Crippen LogP contribution in [-0.4, -0.2) is 4.98 Å². The topological polar surface area (TPSA) is 12.9 Å². The second kappa shape index (κ2) is 7.40. The first-order valence-electron chi connectivity index (χ1n) is 11.2. The Morgan fingerprint density at radius 3 is 2.40 bits per heavy atom. The van der Waals surface area contributed by atoms with E-state index in [4.69, 9.17) is 4.98 Å². The summed E-state index contributed by atoms with van der Waals surface area (Å²) in [7, 11) is 0. The molecule has 150 valence electrons. The van der Waals surface area contributed by atoms with Crippen LogP contribution in [0.15, 0.2) is 66.9 Å². The summed E-state index contributed by atoms with van der Waals surface area (Å²) in [5.74, 6) is 1.04. The summed E-state index contributed by atoms with van der Waals surface area (Å²) in [6.07, 6.45) is 4.13. The Morgan fingerprint density at radius 2 is 1.60 bits per heavy atom. The van der Waals surface area contributed by atoms with Crippen molar-refractivity contribution in [3.05, 3.63) is 89.1 Å². The summed E-state index contributed by atoms with van der Waals surface area (Å²) in [6, 6.07) is 22.7. The first-order valence-corrected chi connectivity index (χ1v) is 11.2. The number of hydrogen-bond donors (Lipinski definition) is 0. The van der Waals surface area contributed by atoms with E-state index in [1.54, 1.807) is 0 Å². The predicted molar refractivity (Wildman–Crippen MR) is 128 cm³/mol. The Balaban J connectivity index is 1.69. The molecule has 0 spiro atoms. The Kier molecular flexibility index (Phi) is 4.70. The number of benzene rings is 3. The molecule has 0 N–H and O–H groups in total. The van der Waals surface area contributed by atoms with Gasteiger partial charge < -0.3 is 0 Å². The second-order valence-corrected chi connectivity index (χ2v) is 9.20. The molecule has 0 saturated heterocycles. The van der Waals surface area contributed by atoms with Gasteiger partial charge in [-0.3, -0.25) is 4.98 Å². The van der Waals surface area contributed by atoms with E-state index in [2.05, 4.69) is 88.4 Å². The van der Waals surface area contributed by atoms with Crippen molar-refractivity contribution in [1.29, 1.82) is 0 Å². The highest BCUT2D eigenvalue weighted by molar-refractivity contribution is 5.91. The number of fused-ring (bicyclic) bond motifs is 4. The molecular formula is C29H29N. The van der Waals surface area contributed by atoms with Crippen molar-refractivity contribution in [2.45, 2.75) is 52.4 Å². The lowest BCUT2D eigenvalue weighted by molar-refractivity contribution is 0.855. The van der Waals surface area contributed by atoms with Gasteiger partial charge in [0.25, 0.3) is 0 Å². The molecule has 0 saturated carbocycles. The normalized spacial score (nSPS) is 13.0. The van der Waals surface area contributed by atoms with Crippen molar-refractivity contribution in [2.75, 3.05) is 0 Å². The molecule has 0 radical (unpaired) electrons. The van der Waals surface area contributed by atoms with Crippen LogP contribution in [0.3, 0.4) is 0 Å². The highest BCUT2D eigenvalue weighted by atomic mass is 14.7.